The van der Waals surface area contributed by atoms with Gasteiger partial charge in [0, 0.05) is 5.41 Å². The quantitative estimate of drug-likeness (QED) is 0.686. The van der Waals surface area contributed by atoms with Gasteiger partial charge < -0.3 is 10.1 Å². The number of carbonyl (C=O) groups is 2. The molecule has 0 spiro atoms. The Hall–Kier alpha value is -1.06. The van der Waals surface area contributed by atoms with Crippen LogP contribution in [-0.2, 0) is 14.3 Å². The molecule has 1 amide bonds. The number of rotatable bonds is 3. The summed E-state index contributed by atoms with van der Waals surface area (Å²) in [5.74, 6) is -0.430. The van der Waals surface area contributed by atoms with Crippen molar-refractivity contribution in [1.29, 1.82) is 0 Å². The molecular formula is C10H17NO3. The van der Waals surface area contributed by atoms with E-state index in [-0.39, 0.29) is 17.9 Å². The molecule has 80 valence electrons. The second kappa shape index (κ2) is 4.44. The molecule has 1 N–H and O–H groups in total. The normalized spacial score (nSPS) is 19.0. The molecule has 4 heteroatoms. The molecular weight excluding hydrogens is 182 g/mol. The maximum Gasteiger partial charge on any atom is 0.325 e. The summed E-state index contributed by atoms with van der Waals surface area (Å²) < 4.78 is 4.44. The van der Waals surface area contributed by atoms with Crippen LogP contribution in [0.5, 0.6) is 0 Å². The van der Waals surface area contributed by atoms with Crippen LogP contribution in [0.1, 0.15) is 32.6 Å². The molecule has 0 heterocycles. The summed E-state index contributed by atoms with van der Waals surface area (Å²) in [5, 5.41) is 2.60. The Morgan fingerprint density at radius 3 is 2.43 bits per heavy atom. The lowest BCUT2D eigenvalue weighted by atomic mass is 9.88. The summed E-state index contributed by atoms with van der Waals surface area (Å²) in [5.41, 5.74) is -0.270. The Kier molecular flexibility index (Phi) is 3.49. The maximum atomic E-state index is 11.7. The van der Waals surface area contributed by atoms with Crippen molar-refractivity contribution in [1.82, 2.24) is 5.32 Å². The minimum absolute atomic E-state index is 0.0229. The van der Waals surface area contributed by atoms with Gasteiger partial charge in [-0.3, -0.25) is 9.59 Å². The topological polar surface area (TPSA) is 55.4 Å². The molecule has 1 saturated carbocycles. The number of hydrogen-bond acceptors (Lipinski definition) is 3. The zero-order chi connectivity index (χ0) is 10.6. The van der Waals surface area contributed by atoms with Gasteiger partial charge in [0.1, 0.15) is 6.54 Å². The first kappa shape index (κ1) is 11.0. The first-order valence-corrected chi connectivity index (χ1v) is 4.93. The Labute approximate surface area is 84.0 Å². The van der Waals surface area contributed by atoms with Gasteiger partial charge in [0.2, 0.25) is 5.91 Å². The lowest BCUT2D eigenvalue weighted by molar-refractivity contribution is -0.142. The molecule has 1 rings (SSSR count). The van der Waals surface area contributed by atoms with Gasteiger partial charge in [-0.2, -0.15) is 0 Å². The molecule has 0 aromatic heterocycles. The molecule has 0 aromatic rings. The molecule has 0 unspecified atom stereocenters. The van der Waals surface area contributed by atoms with E-state index in [0.717, 1.165) is 25.7 Å². The van der Waals surface area contributed by atoms with Gasteiger partial charge in [0.05, 0.1) is 7.11 Å². The summed E-state index contributed by atoms with van der Waals surface area (Å²) >= 11 is 0. The highest BCUT2D eigenvalue weighted by Crippen LogP contribution is 2.37. The number of hydrogen-bond donors (Lipinski definition) is 1. The summed E-state index contributed by atoms with van der Waals surface area (Å²) in [7, 11) is 1.31. The van der Waals surface area contributed by atoms with Crippen LogP contribution >= 0.6 is 0 Å². The lowest BCUT2D eigenvalue weighted by Crippen LogP contribution is -2.39. The highest BCUT2D eigenvalue weighted by atomic mass is 16.5. The van der Waals surface area contributed by atoms with Crippen LogP contribution in [0.4, 0.5) is 0 Å². The second-order valence-corrected chi connectivity index (χ2v) is 4.03. The molecule has 0 aromatic carbocycles. The Morgan fingerprint density at radius 2 is 1.93 bits per heavy atom. The third kappa shape index (κ3) is 2.47. The van der Waals surface area contributed by atoms with E-state index in [1.54, 1.807) is 0 Å². The van der Waals surface area contributed by atoms with Crippen molar-refractivity contribution >= 4 is 11.9 Å². The minimum Gasteiger partial charge on any atom is -0.468 e. The smallest absolute Gasteiger partial charge is 0.325 e. The van der Waals surface area contributed by atoms with Crippen molar-refractivity contribution in [2.45, 2.75) is 32.6 Å². The molecule has 14 heavy (non-hydrogen) atoms. The van der Waals surface area contributed by atoms with Crippen LogP contribution < -0.4 is 5.32 Å². The molecule has 4 nitrogen and oxygen atoms in total. The van der Waals surface area contributed by atoms with E-state index in [1.807, 2.05) is 6.92 Å². The summed E-state index contributed by atoms with van der Waals surface area (Å²) in [6.07, 6.45) is 4.03. The van der Waals surface area contributed by atoms with E-state index < -0.39 is 5.97 Å². The third-order valence-corrected chi connectivity index (χ3v) is 2.88. The highest BCUT2D eigenvalue weighted by Gasteiger charge is 2.36. The van der Waals surface area contributed by atoms with Crippen LogP contribution in [0.3, 0.4) is 0 Å². The van der Waals surface area contributed by atoms with Crippen molar-refractivity contribution in [2.75, 3.05) is 13.7 Å². The molecule has 0 atom stereocenters. The van der Waals surface area contributed by atoms with Crippen molar-refractivity contribution < 1.29 is 14.3 Å². The van der Waals surface area contributed by atoms with Gasteiger partial charge in [-0.25, -0.2) is 0 Å². The van der Waals surface area contributed by atoms with E-state index in [2.05, 4.69) is 10.1 Å². The number of carbonyl (C=O) groups excluding carboxylic acids is 2. The highest BCUT2D eigenvalue weighted by molar-refractivity contribution is 5.86. The molecule has 1 aliphatic carbocycles. The van der Waals surface area contributed by atoms with Gasteiger partial charge in [-0.05, 0) is 12.8 Å². The summed E-state index contributed by atoms with van der Waals surface area (Å²) in [4.78, 5) is 22.5. The predicted octanol–water partition coefficient (Wildman–Crippen LogP) is 0.856. The summed E-state index contributed by atoms with van der Waals surface area (Å²) in [6, 6.07) is 0. The average Bonchev–Trinajstić information content (AvgIpc) is 2.62. The van der Waals surface area contributed by atoms with E-state index in [9.17, 15) is 9.59 Å². The molecule has 0 radical (unpaired) electrons. The lowest BCUT2D eigenvalue weighted by Gasteiger charge is -2.21. The van der Waals surface area contributed by atoms with Gasteiger partial charge >= 0.3 is 5.97 Å². The van der Waals surface area contributed by atoms with Crippen molar-refractivity contribution in [3.63, 3.8) is 0 Å². The fraction of sp³-hybridized carbons (Fsp3) is 0.800. The van der Waals surface area contributed by atoms with Crippen LogP contribution in [0, 0.1) is 5.41 Å². The van der Waals surface area contributed by atoms with E-state index in [4.69, 9.17) is 0 Å². The largest absolute Gasteiger partial charge is 0.468 e. The Bertz CT molecular complexity index is 232. The summed E-state index contributed by atoms with van der Waals surface area (Å²) in [6.45, 7) is 1.93. The van der Waals surface area contributed by atoms with E-state index in [0.29, 0.717) is 0 Å². The molecule has 0 bridgehead atoms. The zero-order valence-corrected chi connectivity index (χ0v) is 8.76. The molecule has 1 aliphatic rings. The Morgan fingerprint density at radius 1 is 1.36 bits per heavy atom. The standard InChI is InChI=1S/C10H17NO3/c1-10(5-3-4-6-10)9(13)11-7-8(12)14-2/h3-7H2,1-2H3,(H,11,13). The van der Waals surface area contributed by atoms with Gasteiger partial charge in [-0.1, -0.05) is 19.8 Å². The van der Waals surface area contributed by atoms with Crippen molar-refractivity contribution in [2.24, 2.45) is 5.41 Å². The Balaban J connectivity index is 2.38. The monoisotopic (exact) mass is 199 g/mol. The van der Waals surface area contributed by atoms with Crippen LogP contribution in [-0.4, -0.2) is 25.5 Å². The number of ether oxygens (including phenoxy) is 1. The molecule has 1 fully saturated rings. The second-order valence-electron chi connectivity index (χ2n) is 4.03. The van der Waals surface area contributed by atoms with Crippen LogP contribution in [0.15, 0.2) is 0 Å². The van der Waals surface area contributed by atoms with Crippen molar-refractivity contribution in [3.8, 4) is 0 Å². The predicted molar refractivity (Wildman–Crippen MR) is 51.6 cm³/mol. The first-order valence-electron chi connectivity index (χ1n) is 4.93. The number of amides is 1. The van der Waals surface area contributed by atoms with E-state index in [1.165, 1.54) is 7.11 Å². The SMILES string of the molecule is COC(=O)CNC(=O)C1(C)CCCC1. The first-order chi connectivity index (χ1) is 6.58. The maximum absolute atomic E-state index is 11.7. The fourth-order valence-corrected chi connectivity index (χ4v) is 1.82. The minimum atomic E-state index is -0.403. The fourth-order valence-electron chi connectivity index (χ4n) is 1.82. The number of methoxy groups -OCH3 is 1. The van der Waals surface area contributed by atoms with Gasteiger partial charge in [0.15, 0.2) is 0 Å². The zero-order valence-electron chi connectivity index (χ0n) is 8.76. The molecule has 0 aliphatic heterocycles. The third-order valence-electron chi connectivity index (χ3n) is 2.88. The van der Waals surface area contributed by atoms with E-state index >= 15 is 0 Å². The average molecular weight is 199 g/mol. The van der Waals surface area contributed by atoms with Gasteiger partial charge in [0.25, 0.3) is 0 Å². The number of esters is 1. The van der Waals surface area contributed by atoms with Gasteiger partial charge in [-0.15, -0.1) is 0 Å². The van der Waals surface area contributed by atoms with Crippen LogP contribution in [0.25, 0.3) is 0 Å². The van der Waals surface area contributed by atoms with Crippen molar-refractivity contribution in [3.05, 3.63) is 0 Å². The number of nitrogens with one attached hydrogen (secondary N) is 1. The van der Waals surface area contributed by atoms with Crippen LogP contribution in [0.2, 0.25) is 0 Å². The molecule has 0 saturated heterocycles.